The van der Waals surface area contributed by atoms with Gasteiger partial charge in [-0.05, 0) is 56.9 Å². The smallest absolute Gasteiger partial charge is 0.242 e. The van der Waals surface area contributed by atoms with Gasteiger partial charge in [-0.3, -0.25) is 9.59 Å². The molecule has 4 nitrogen and oxygen atoms in total. The molecule has 0 bridgehead atoms. The first kappa shape index (κ1) is 23.6. The van der Waals surface area contributed by atoms with E-state index in [-0.39, 0.29) is 24.3 Å². The molecule has 2 aromatic carbocycles. The van der Waals surface area contributed by atoms with Crippen LogP contribution in [0.4, 0.5) is 0 Å². The second kappa shape index (κ2) is 10.5. The number of aryl methyl sites for hydroxylation is 2. The zero-order valence-electron chi connectivity index (χ0n) is 18.4. The number of nitrogens with zero attached hydrogens (tertiary/aromatic N) is 1. The minimum atomic E-state index is -0.589. The summed E-state index contributed by atoms with van der Waals surface area (Å²) < 4.78 is 0. The highest BCUT2D eigenvalue weighted by Gasteiger charge is 2.28. The summed E-state index contributed by atoms with van der Waals surface area (Å²) in [6, 6.07) is 11.0. The number of carbonyl (C=O) groups excluding carboxylic acids is 2. The van der Waals surface area contributed by atoms with Crippen LogP contribution in [-0.2, 0) is 22.6 Å². The van der Waals surface area contributed by atoms with E-state index in [0.29, 0.717) is 16.6 Å². The lowest BCUT2D eigenvalue weighted by Gasteiger charge is -2.30. The fourth-order valence-corrected chi connectivity index (χ4v) is 4.58. The third-order valence-electron chi connectivity index (χ3n) is 5.84. The Kier molecular flexibility index (Phi) is 8.01. The van der Waals surface area contributed by atoms with Gasteiger partial charge in [-0.1, -0.05) is 71.4 Å². The minimum Gasteiger partial charge on any atom is -0.352 e. The molecule has 0 unspecified atom stereocenters. The van der Waals surface area contributed by atoms with Crippen LogP contribution in [0.3, 0.4) is 0 Å². The minimum absolute atomic E-state index is 0.0925. The van der Waals surface area contributed by atoms with E-state index >= 15 is 0 Å². The fourth-order valence-electron chi connectivity index (χ4n) is 4.26. The van der Waals surface area contributed by atoms with Gasteiger partial charge in [0.15, 0.2) is 0 Å². The van der Waals surface area contributed by atoms with E-state index < -0.39 is 6.04 Å². The first-order valence-electron chi connectivity index (χ1n) is 10.8. The monoisotopic (exact) mass is 460 g/mol. The molecule has 1 saturated carbocycles. The third kappa shape index (κ3) is 6.47. The van der Waals surface area contributed by atoms with Crippen LogP contribution in [-0.4, -0.2) is 28.8 Å². The van der Waals surface area contributed by atoms with E-state index in [1.54, 1.807) is 24.0 Å². The molecule has 2 amide bonds. The average molecular weight is 461 g/mol. The lowest BCUT2D eigenvalue weighted by Crippen LogP contribution is -2.50. The Bertz CT molecular complexity index is 934. The Morgan fingerprint density at radius 3 is 2.26 bits per heavy atom. The summed E-state index contributed by atoms with van der Waals surface area (Å²) >= 11 is 12.2. The van der Waals surface area contributed by atoms with Gasteiger partial charge in [0, 0.05) is 12.6 Å². The number of nitrogens with one attached hydrogen (secondary N) is 1. The topological polar surface area (TPSA) is 49.4 Å². The molecule has 1 aliphatic rings. The van der Waals surface area contributed by atoms with Crippen molar-refractivity contribution in [2.24, 2.45) is 0 Å². The van der Waals surface area contributed by atoms with Crippen LogP contribution in [0, 0.1) is 13.8 Å². The molecule has 1 fully saturated rings. The maximum atomic E-state index is 13.4. The molecule has 0 spiro atoms. The first-order valence-corrected chi connectivity index (χ1v) is 11.6. The molecule has 2 aromatic rings. The van der Waals surface area contributed by atoms with Crippen LogP contribution in [0.2, 0.25) is 10.0 Å². The van der Waals surface area contributed by atoms with E-state index in [2.05, 4.69) is 11.4 Å². The summed E-state index contributed by atoms with van der Waals surface area (Å²) in [5.74, 6) is -0.203. The number of benzene rings is 2. The van der Waals surface area contributed by atoms with Crippen LogP contribution in [0.5, 0.6) is 0 Å². The van der Waals surface area contributed by atoms with Crippen molar-refractivity contribution in [1.29, 1.82) is 0 Å². The summed E-state index contributed by atoms with van der Waals surface area (Å²) in [7, 11) is 0. The highest BCUT2D eigenvalue weighted by atomic mass is 35.5. The van der Waals surface area contributed by atoms with Crippen molar-refractivity contribution in [3.05, 3.63) is 68.7 Å². The number of halogens is 2. The van der Waals surface area contributed by atoms with E-state index in [1.165, 1.54) is 0 Å². The molecule has 0 aliphatic heterocycles. The maximum Gasteiger partial charge on any atom is 0.242 e. The van der Waals surface area contributed by atoms with Crippen molar-refractivity contribution in [1.82, 2.24) is 10.2 Å². The van der Waals surface area contributed by atoms with Gasteiger partial charge in [0.2, 0.25) is 11.8 Å². The summed E-state index contributed by atoms with van der Waals surface area (Å²) in [4.78, 5) is 28.0. The van der Waals surface area contributed by atoms with Crippen molar-refractivity contribution in [3.63, 3.8) is 0 Å². The molecule has 0 heterocycles. The third-order valence-corrected chi connectivity index (χ3v) is 6.58. The van der Waals surface area contributed by atoms with Gasteiger partial charge < -0.3 is 10.2 Å². The maximum absolute atomic E-state index is 13.4. The van der Waals surface area contributed by atoms with Gasteiger partial charge in [-0.15, -0.1) is 0 Å². The molecule has 6 heteroatoms. The normalized spacial score (nSPS) is 15.0. The number of carbonyl (C=O) groups is 2. The van der Waals surface area contributed by atoms with Gasteiger partial charge in [0.25, 0.3) is 0 Å². The second-order valence-electron chi connectivity index (χ2n) is 8.61. The molecule has 1 aliphatic carbocycles. The molecule has 0 radical (unpaired) electrons. The number of rotatable bonds is 7. The van der Waals surface area contributed by atoms with E-state index in [0.717, 1.165) is 47.9 Å². The van der Waals surface area contributed by atoms with Crippen LogP contribution < -0.4 is 5.32 Å². The van der Waals surface area contributed by atoms with E-state index in [1.807, 2.05) is 32.0 Å². The lowest BCUT2D eigenvalue weighted by molar-refractivity contribution is -0.140. The fraction of sp³-hybridized carbons (Fsp3) is 0.440. The summed E-state index contributed by atoms with van der Waals surface area (Å²) in [6.45, 7) is 6.12. The van der Waals surface area contributed by atoms with Crippen molar-refractivity contribution < 1.29 is 9.59 Å². The van der Waals surface area contributed by atoms with E-state index in [9.17, 15) is 9.59 Å². The Morgan fingerprint density at radius 2 is 1.65 bits per heavy atom. The average Bonchev–Trinajstić information content (AvgIpc) is 3.20. The number of amides is 2. The van der Waals surface area contributed by atoms with Gasteiger partial charge in [-0.2, -0.15) is 0 Å². The highest BCUT2D eigenvalue weighted by molar-refractivity contribution is 6.42. The molecule has 166 valence electrons. The lowest BCUT2D eigenvalue weighted by atomic mass is 10.0. The Morgan fingerprint density at radius 1 is 1.00 bits per heavy atom. The SMILES string of the molecule is Cc1cc(C)cc(CC(=O)N(Cc2ccc(Cl)c(Cl)c2)[C@H](C)C(=O)NC2CCCC2)c1. The molecule has 1 atom stereocenters. The zero-order valence-corrected chi connectivity index (χ0v) is 19.9. The summed E-state index contributed by atoms with van der Waals surface area (Å²) in [5.41, 5.74) is 4.02. The molecule has 0 saturated heterocycles. The van der Waals surface area contributed by atoms with Crippen LogP contribution in [0.25, 0.3) is 0 Å². The van der Waals surface area contributed by atoms with Crippen molar-refractivity contribution in [3.8, 4) is 0 Å². The van der Waals surface area contributed by atoms with Crippen molar-refractivity contribution >= 4 is 35.0 Å². The molecular formula is C25H30Cl2N2O2. The zero-order chi connectivity index (χ0) is 22.5. The largest absolute Gasteiger partial charge is 0.352 e. The van der Waals surface area contributed by atoms with Crippen LogP contribution >= 0.6 is 23.2 Å². The van der Waals surface area contributed by atoms with Crippen molar-refractivity contribution in [2.75, 3.05) is 0 Å². The first-order chi connectivity index (χ1) is 14.7. The number of hydrogen-bond donors (Lipinski definition) is 1. The highest BCUT2D eigenvalue weighted by Crippen LogP contribution is 2.24. The number of hydrogen-bond acceptors (Lipinski definition) is 2. The molecular weight excluding hydrogens is 431 g/mol. The summed E-state index contributed by atoms with van der Waals surface area (Å²) in [6.07, 6.45) is 4.52. The van der Waals surface area contributed by atoms with Crippen LogP contribution in [0.1, 0.15) is 54.9 Å². The van der Waals surface area contributed by atoms with Gasteiger partial charge in [-0.25, -0.2) is 0 Å². The van der Waals surface area contributed by atoms with Gasteiger partial charge in [0.1, 0.15) is 6.04 Å². The summed E-state index contributed by atoms with van der Waals surface area (Å²) in [5, 5.41) is 4.02. The van der Waals surface area contributed by atoms with Gasteiger partial charge >= 0.3 is 0 Å². The molecule has 3 rings (SSSR count). The molecule has 0 aromatic heterocycles. The molecule has 1 N–H and O–H groups in total. The van der Waals surface area contributed by atoms with Gasteiger partial charge in [0.05, 0.1) is 16.5 Å². The Labute approximate surface area is 194 Å². The predicted octanol–water partition coefficient (Wildman–Crippen LogP) is 5.63. The van der Waals surface area contributed by atoms with Crippen molar-refractivity contribution in [2.45, 2.75) is 71.5 Å². The second-order valence-corrected chi connectivity index (χ2v) is 9.42. The standard InChI is InChI=1S/C25H30Cl2N2O2/c1-16-10-17(2)12-20(11-16)14-24(30)29(15-19-8-9-22(26)23(27)13-19)18(3)25(31)28-21-6-4-5-7-21/h8-13,18,21H,4-7,14-15H2,1-3H3,(H,28,31)/t18-/m1/s1. The van der Waals surface area contributed by atoms with Crippen LogP contribution in [0.15, 0.2) is 36.4 Å². The quantitative estimate of drug-likeness (QED) is 0.581. The van der Waals surface area contributed by atoms with E-state index in [4.69, 9.17) is 23.2 Å². The Hall–Kier alpha value is -2.04. The molecule has 31 heavy (non-hydrogen) atoms. The predicted molar refractivity (Wildman–Crippen MR) is 126 cm³/mol. The Balaban J connectivity index is 1.81.